The van der Waals surface area contributed by atoms with E-state index in [0.29, 0.717) is 0 Å². The molecule has 18 heavy (non-hydrogen) atoms. The zero-order chi connectivity index (χ0) is 12.4. The predicted molar refractivity (Wildman–Crippen MR) is 81.4 cm³/mol. The Morgan fingerprint density at radius 1 is 0.667 bits per heavy atom. The van der Waals surface area contributed by atoms with Crippen molar-refractivity contribution in [1.29, 1.82) is 0 Å². The summed E-state index contributed by atoms with van der Waals surface area (Å²) in [5.41, 5.74) is 2.20. The minimum absolute atomic E-state index is 1.07. The minimum atomic E-state index is 1.07. The van der Waals surface area contributed by atoms with Crippen LogP contribution in [-0.4, -0.2) is 0 Å². The first-order valence-electron chi connectivity index (χ1n) is 5.84. The lowest BCUT2D eigenvalue weighted by Crippen LogP contribution is -1.92. The van der Waals surface area contributed by atoms with Crippen LogP contribution in [-0.2, 0) is 0 Å². The van der Waals surface area contributed by atoms with Gasteiger partial charge in [0, 0.05) is 15.5 Å². The maximum absolute atomic E-state index is 3.56. The van der Waals surface area contributed by atoms with Gasteiger partial charge in [0.2, 0.25) is 0 Å². The fourth-order valence-corrected chi connectivity index (χ4v) is 2.43. The topological polar surface area (TPSA) is 12.0 Å². The van der Waals surface area contributed by atoms with Gasteiger partial charge in [-0.05, 0) is 39.5 Å². The molecule has 3 aromatic rings. The van der Waals surface area contributed by atoms with E-state index >= 15 is 0 Å². The highest BCUT2D eigenvalue weighted by Gasteiger charge is 2.02. The van der Waals surface area contributed by atoms with Crippen LogP contribution in [0.2, 0.25) is 0 Å². The van der Waals surface area contributed by atoms with Gasteiger partial charge in [-0.15, -0.1) is 0 Å². The Morgan fingerprint density at radius 2 is 1.33 bits per heavy atom. The summed E-state index contributed by atoms with van der Waals surface area (Å²) in [7, 11) is 0. The molecule has 0 aromatic heterocycles. The van der Waals surface area contributed by atoms with Crippen molar-refractivity contribution in [2.45, 2.75) is 0 Å². The first-order valence-corrected chi connectivity index (χ1v) is 6.63. The molecule has 3 rings (SSSR count). The van der Waals surface area contributed by atoms with Crippen molar-refractivity contribution in [3.8, 4) is 0 Å². The van der Waals surface area contributed by atoms with Crippen LogP contribution in [0.15, 0.2) is 71.2 Å². The van der Waals surface area contributed by atoms with Crippen LogP contribution in [0.1, 0.15) is 0 Å². The first kappa shape index (κ1) is 11.3. The molecular formula is C16H12BrN. The molecule has 88 valence electrons. The number of hydrogen-bond acceptors (Lipinski definition) is 1. The summed E-state index contributed by atoms with van der Waals surface area (Å²) in [5.74, 6) is 0. The van der Waals surface area contributed by atoms with Crippen molar-refractivity contribution < 1.29 is 0 Å². The first-order chi connectivity index (χ1) is 8.84. The largest absolute Gasteiger partial charge is 0.354 e. The number of anilines is 2. The monoisotopic (exact) mass is 297 g/mol. The SMILES string of the molecule is Brc1ccccc1Nc1cccc2ccccc12. The van der Waals surface area contributed by atoms with Crippen LogP contribution in [0.5, 0.6) is 0 Å². The molecule has 0 bridgehead atoms. The Bertz CT molecular complexity index is 686. The number of rotatable bonds is 2. The molecule has 0 saturated heterocycles. The van der Waals surface area contributed by atoms with Crippen molar-refractivity contribution in [3.05, 3.63) is 71.2 Å². The second-order valence-corrected chi connectivity index (χ2v) is 4.99. The Morgan fingerprint density at radius 3 is 2.22 bits per heavy atom. The molecule has 0 atom stereocenters. The van der Waals surface area contributed by atoms with Gasteiger partial charge in [-0.25, -0.2) is 0 Å². The average molecular weight is 298 g/mol. The Labute approximate surface area is 115 Å². The summed E-state index contributed by atoms with van der Waals surface area (Å²) >= 11 is 3.56. The lowest BCUT2D eigenvalue weighted by atomic mass is 10.1. The quantitative estimate of drug-likeness (QED) is 0.673. The highest BCUT2D eigenvalue weighted by Crippen LogP contribution is 2.29. The van der Waals surface area contributed by atoms with Gasteiger partial charge in [-0.2, -0.15) is 0 Å². The summed E-state index contributed by atoms with van der Waals surface area (Å²) in [6.07, 6.45) is 0. The molecule has 1 N–H and O–H groups in total. The molecule has 1 nitrogen and oxygen atoms in total. The molecule has 0 fully saturated rings. The zero-order valence-electron chi connectivity index (χ0n) is 9.73. The fourth-order valence-electron chi connectivity index (χ4n) is 2.04. The van der Waals surface area contributed by atoms with Gasteiger partial charge in [0.15, 0.2) is 0 Å². The van der Waals surface area contributed by atoms with Crippen LogP contribution in [0.25, 0.3) is 10.8 Å². The normalized spacial score (nSPS) is 10.5. The van der Waals surface area contributed by atoms with Gasteiger partial charge >= 0.3 is 0 Å². The molecule has 0 heterocycles. The Hall–Kier alpha value is -1.80. The molecule has 0 amide bonds. The number of halogens is 1. The van der Waals surface area contributed by atoms with Gasteiger partial charge < -0.3 is 5.32 Å². The molecule has 0 aliphatic carbocycles. The third kappa shape index (κ3) is 2.12. The zero-order valence-corrected chi connectivity index (χ0v) is 11.3. The summed E-state index contributed by atoms with van der Waals surface area (Å²) in [6.45, 7) is 0. The van der Waals surface area contributed by atoms with Crippen LogP contribution >= 0.6 is 15.9 Å². The highest BCUT2D eigenvalue weighted by atomic mass is 79.9. The third-order valence-corrected chi connectivity index (χ3v) is 3.62. The fraction of sp³-hybridized carbons (Fsp3) is 0. The number of para-hydroxylation sites is 1. The van der Waals surface area contributed by atoms with E-state index in [9.17, 15) is 0 Å². The maximum atomic E-state index is 3.56. The van der Waals surface area contributed by atoms with E-state index in [2.05, 4.69) is 69.8 Å². The second kappa shape index (κ2) is 4.83. The third-order valence-electron chi connectivity index (χ3n) is 2.93. The van der Waals surface area contributed by atoms with Crippen molar-refractivity contribution in [2.24, 2.45) is 0 Å². The van der Waals surface area contributed by atoms with Gasteiger partial charge in [0.25, 0.3) is 0 Å². The van der Waals surface area contributed by atoms with Gasteiger partial charge in [-0.3, -0.25) is 0 Å². The molecule has 0 radical (unpaired) electrons. The standard InChI is InChI=1S/C16H12BrN/c17-14-9-3-4-10-16(14)18-15-11-5-7-12-6-1-2-8-13(12)15/h1-11,18H. The number of fused-ring (bicyclic) bond motifs is 1. The molecule has 0 aliphatic heterocycles. The number of hydrogen-bond donors (Lipinski definition) is 1. The Balaban J connectivity index is 2.08. The second-order valence-electron chi connectivity index (χ2n) is 4.13. The molecule has 2 heteroatoms. The van der Waals surface area contributed by atoms with Crippen LogP contribution in [0, 0.1) is 0 Å². The number of benzene rings is 3. The van der Waals surface area contributed by atoms with E-state index in [4.69, 9.17) is 0 Å². The molecule has 0 spiro atoms. The van der Waals surface area contributed by atoms with E-state index in [-0.39, 0.29) is 0 Å². The van der Waals surface area contributed by atoms with Crippen molar-refractivity contribution >= 4 is 38.1 Å². The molecule has 0 unspecified atom stereocenters. The predicted octanol–water partition coefficient (Wildman–Crippen LogP) is 5.35. The van der Waals surface area contributed by atoms with Crippen molar-refractivity contribution in [2.75, 3.05) is 5.32 Å². The lowest BCUT2D eigenvalue weighted by molar-refractivity contribution is 1.55. The summed E-state index contributed by atoms with van der Waals surface area (Å²) < 4.78 is 1.07. The summed E-state index contributed by atoms with van der Waals surface area (Å²) in [4.78, 5) is 0. The number of nitrogens with one attached hydrogen (secondary N) is 1. The lowest BCUT2D eigenvalue weighted by Gasteiger charge is -2.11. The average Bonchev–Trinajstić information content (AvgIpc) is 2.42. The van der Waals surface area contributed by atoms with Crippen molar-refractivity contribution in [3.63, 3.8) is 0 Å². The summed E-state index contributed by atoms with van der Waals surface area (Å²) in [6, 6.07) is 22.8. The minimum Gasteiger partial charge on any atom is -0.354 e. The van der Waals surface area contributed by atoms with E-state index in [0.717, 1.165) is 15.8 Å². The smallest absolute Gasteiger partial charge is 0.0528 e. The van der Waals surface area contributed by atoms with E-state index < -0.39 is 0 Å². The molecule has 0 saturated carbocycles. The van der Waals surface area contributed by atoms with Crippen LogP contribution in [0.4, 0.5) is 11.4 Å². The van der Waals surface area contributed by atoms with Crippen LogP contribution < -0.4 is 5.32 Å². The van der Waals surface area contributed by atoms with Gasteiger partial charge in [-0.1, -0.05) is 48.5 Å². The van der Waals surface area contributed by atoms with E-state index in [1.165, 1.54) is 10.8 Å². The van der Waals surface area contributed by atoms with Gasteiger partial charge in [0.1, 0.15) is 0 Å². The summed E-state index contributed by atoms with van der Waals surface area (Å²) in [5, 5.41) is 5.95. The highest BCUT2D eigenvalue weighted by molar-refractivity contribution is 9.10. The van der Waals surface area contributed by atoms with E-state index in [1.807, 2.05) is 18.2 Å². The van der Waals surface area contributed by atoms with Crippen molar-refractivity contribution in [1.82, 2.24) is 0 Å². The van der Waals surface area contributed by atoms with Crippen LogP contribution in [0.3, 0.4) is 0 Å². The molecule has 3 aromatic carbocycles. The Kier molecular flexibility index (Phi) is 3.03. The molecule has 0 aliphatic rings. The molecular weight excluding hydrogens is 286 g/mol. The van der Waals surface area contributed by atoms with E-state index in [1.54, 1.807) is 0 Å². The maximum Gasteiger partial charge on any atom is 0.0528 e. The van der Waals surface area contributed by atoms with Gasteiger partial charge in [0.05, 0.1) is 5.69 Å².